The number of amides is 1. The number of hydrogen-bond donors (Lipinski definition) is 1. The van der Waals surface area contributed by atoms with Crippen molar-refractivity contribution in [3.63, 3.8) is 0 Å². The molecule has 0 fully saturated rings. The molecule has 2 rings (SSSR count). The predicted octanol–water partition coefficient (Wildman–Crippen LogP) is 5.09. The van der Waals surface area contributed by atoms with Crippen molar-refractivity contribution in [1.29, 1.82) is 0 Å². The van der Waals surface area contributed by atoms with Crippen LogP contribution in [0.4, 0.5) is 0 Å². The van der Waals surface area contributed by atoms with Crippen molar-refractivity contribution >= 4 is 33.2 Å². The molecule has 1 unspecified atom stereocenters. The van der Waals surface area contributed by atoms with E-state index in [1.807, 2.05) is 36.6 Å². The van der Waals surface area contributed by atoms with Gasteiger partial charge in [0.1, 0.15) is 0 Å². The van der Waals surface area contributed by atoms with Gasteiger partial charge in [-0.05, 0) is 42.5 Å². The Bertz CT molecular complexity index is 580. The van der Waals surface area contributed by atoms with Gasteiger partial charge in [0.05, 0.1) is 6.04 Å². The maximum atomic E-state index is 12.4. The van der Waals surface area contributed by atoms with Crippen molar-refractivity contribution < 1.29 is 4.79 Å². The molecular weight excluding hydrogens is 334 g/mol. The van der Waals surface area contributed by atoms with E-state index in [4.69, 9.17) is 0 Å². The van der Waals surface area contributed by atoms with E-state index in [-0.39, 0.29) is 11.9 Å². The first-order chi connectivity index (χ1) is 9.61. The Morgan fingerprint density at radius 3 is 2.80 bits per heavy atom. The molecule has 0 aliphatic heterocycles. The molecule has 0 aliphatic carbocycles. The molecule has 2 nitrogen and oxygen atoms in total. The van der Waals surface area contributed by atoms with Crippen LogP contribution in [0.3, 0.4) is 0 Å². The quantitative estimate of drug-likeness (QED) is 0.798. The topological polar surface area (TPSA) is 29.1 Å². The zero-order valence-corrected chi connectivity index (χ0v) is 14.1. The number of benzene rings is 1. The van der Waals surface area contributed by atoms with Gasteiger partial charge in [-0.3, -0.25) is 4.79 Å². The van der Waals surface area contributed by atoms with E-state index >= 15 is 0 Å². The van der Waals surface area contributed by atoms with Gasteiger partial charge in [0, 0.05) is 14.9 Å². The number of thiophene rings is 1. The van der Waals surface area contributed by atoms with Crippen LogP contribution >= 0.6 is 27.3 Å². The number of carbonyl (C=O) groups is 1. The average Bonchev–Trinajstić information content (AvgIpc) is 2.95. The highest BCUT2D eigenvalue weighted by Crippen LogP contribution is 2.24. The van der Waals surface area contributed by atoms with Crippen LogP contribution in [0.25, 0.3) is 0 Å². The van der Waals surface area contributed by atoms with Gasteiger partial charge in [0.25, 0.3) is 5.91 Å². The monoisotopic (exact) mass is 351 g/mol. The van der Waals surface area contributed by atoms with Gasteiger partial charge in [-0.25, -0.2) is 0 Å². The molecule has 1 heterocycles. The number of hydrogen-bond acceptors (Lipinski definition) is 2. The summed E-state index contributed by atoms with van der Waals surface area (Å²) in [6, 6.07) is 9.91. The van der Waals surface area contributed by atoms with Crippen molar-refractivity contribution in [2.45, 2.75) is 32.7 Å². The molecule has 0 spiro atoms. The third-order valence-corrected chi connectivity index (χ3v) is 5.04. The second-order valence-electron chi connectivity index (χ2n) is 4.79. The molecule has 1 aromatic heterocycles. The van der Waals surface area contributed by atoms with E-state index < -0.39 is 0 Å². The van der Waals surface area contributed by atoms with Crippen molar-refractivity contribution in [3.05, 3.63) is 56.2 Å². The van der Waals surface area contributed by atoms with Crippen LogP contribution in [0, 0.1) is 6.92 Å². The first kappa shape index (κ1) is 15.3. The number of nitrogens with one attached hydrogen (secondary N) is 1. The van der Waals surface area contributed by atoms with Gasteiger partial charge in [-0.2, -0.15) is 0 Å². The minimum absolute atomic E-state index is 0.0162. The Kier molecular flexibility index (Phi) is 5.38. The predicted molar refractivity (Wildman–Crippen MR) is 88.3 cm³/mol. The zero-order chi connectivity index (χ0) is 14.5. The van der Waals surface area contributed by atoms with Crippen molar-refractivity contribution in [1.82, 2.24) is 5.32 Å². The fourth-order valence-electron chi connectivity index (χ4n) is 2.04. The van der Waals surface area contributed by atoms with Crippen LogP contribution in [-0.4, -0.2) is 5.91 Å². The lowest BCUT2D eigenvalue weighted by atomic mass is 10.1. The molecule has 0 saturated carbocycles. The molecule has 106 valence electrons. The maximum Gasteiger partial charge on any atom is 0.251 e. The van der Waals surface area contributed by atoms with Crippen LogP contribution in [0.1, 0.15) is 46.6 Å². The van der Waals surface area contributed by atoms with Crippen molar-refractivity contribution in [2.24, 2.45) is 0 Å². The Morgan fingerprint density at radius 2 is 2.20 bits per heavy atom. The standard InChI is InChI=1S/C16H18BrNOS/c1-3-5-14(15-6-4-9-20-15)18-16(19)12-8-7-11(2)13(17)10-12/h4,6-10,14H,3,5H2,1-2H3,(H,18,19). The van der Waals surface area contributed by atoms with Crippen molar-refractivity contribution in [3.8, 4) is 0 Å². The largest absolute Gasteiger partial charge is 0.344 e. The molecule has 2 aromatic rings. The lowest BCUT2D eigenvalue weighted by molar-refractivity contribution is 0.0935. The highest BCUT2D eigenvalue weighted by Gasteiger charge is 2.16. The smallest absolute Gasteiger partial charge is 0.251 e. The Balaban J connectivity index is 2.13. The molecule has 1 aromatic carbocycles. The summed E-state index contributed by atoms with van der Waals surface area (Å²) in [7, 11) is 0. The molecule has 1 amide bonds. The fraction of sp³-hybridized carbons (Fsp3) is 0.312. The van der Waals surface area contributed by atoms with Gasteiger partial charge < -0.3 is 5.32 Å². The van der Waals surface area contributed by atoms with Gasteiger partial charge >= 0.3 is 0 Å². The summed E-state index contributed by atoms with van der Waals surface area (Å²) in [5, 5.41) is 5.18. The average molecular weight is 352 g/mol. The van der Waals surface area contributed by atoms with Crippen LogP contribution in [0.2, 0.25) is 0 Å². The second kappa shape index (κ2) is 7.04. The van der Waals surface area contributed by atoms with E-state index in [1.165, 1.54) is 4.88 Å². The summed E-state index contributed by atoms with van der Waals surface area (Å²) in [5.74, 6) is -0.0162. The van der Waals surface area contributed by atoms with Crippen LogP contribution in [-0.2, 0) is 0 Å². The minimum Gasteiger partial charge on any atom is -0.344 e. The maximum absolute atomic E-state index is 12.4. The number of halogens is 1. The summed E-state index contributed by atoms with van der Waals surface area (Å²) in [6.45, 7) is 4.15. The first-order valence-corrected chi connectivity index (χ1v) is 8.39. The molecule has 20 heavy (non-hydrogen) atoms. The Hall–Kier alpha value is -1.13. The minimum atomic E-state index is -0.0162. The number of carbonyl (C=O) groups excluding carboxylic acids is 1. The van der Waals surface area contributed by atoms with Crippen molar-refractivity contribution in [2.75, 3.05) is 0 Å². The second-order valence-corrected chi connectivity index (χ2v) is 6.63. The van der Waals surface area contributed by atoms with Gasteiger partial charge in [-0.1, -0.05) is 41.4 Å². The highest BCUT2D eigenvalue weighted by atomic mass is 79.9. The fourth-order valence-corrected chi connectivity index (χ4v) is 3.23. The van der Waals surface area contributed by atoms with Crippen LogP contribution in [0.15, 0.2) is 40.2 Å². The highest BCUT2D eigenvalue weighted by molar-refractivity contribution is 9.10. The van der Waals surface area contributed by atoms with Gasteiger partial charge in [-0.15, -0.1) is 11.3 Å². The summed E-state index contributed by atoms with van der Waals surface area (Å²) in [4.78, 5) is 13.6. The number of rotatable bonds is 5. The number of aryl methyl sites for hydroxylation is 1. The van der Waals surface area contributed by atoms with E-state index in [0.717, 1.165) is 22.9 Å². The molecule has 0 aliphatic rings. The van der Waals surface area contributed by atoms with E-state index in [9.17, 15) is 4.79 Å². The molecular formula is C16H18BrNOS. The molecule has 0 saturated heterocycles. The molecule has 1 atom stereocenters. The first-order valence-electron chi connectivity index (χ1n) is 6.72. The summed E-state index contributed by atoms with van der Waals surface area (Å²) in [6.07, 6.45) is 2.00. The SMILES string of the molecule is CCCC(NC(=O)c1ccc(C)c(Br)c1)c1cccs1. The Morgan fingerprint density at radius 1 is 1.40 bits per heavy atom. The third-order valence-electron chi connectivity index (χ3n) is 3.20. The molecule has 0 radical (unpaired) electrons. The van der Waals surface area contributed by atoms with Crippen LogP contribution < -0.4 is 5.32 Å². The molecule has 4 heteroatoms. The van der Waals surface area contributed by atoms with E-state index in [1.54, 1.807) is 11.3 Å². The lowest BCUT2D eigenvalue weighted by Gasteiger charge is -2.17. The molecule has 1 N–H and O–H groups in total. The van der Waals surface area contributed by atoms with Crippen LogP contribution in [0.5, 0.6) is 0 Å². The van der Waals surface area contributed by atoms with Gasteiger partial charge in [0.15, 0.2) is 0 Å². The molecule has 0 bridgehead atoms. The lowest BCUT2D eigenvalue weighted by Crippen LogP contribution is -2.28. The zero-order valence-electron chi connectivity index (χ0n) is 11.7. The van der Waals surface area contributed by atoms with Gasteiger partial charge in [0.2, 0.25) is 0 Å². The summed E-state index contributed by atoms with van der Waals surface area (Å²) in [5.41, 5.74) is 1.82. The van der Waals surface area contributed by atoms with E-state index in [2.05, 4.69) is 34.2 Å². The normalized spacial score (nSPS) is 12.2. The summed E-state index contributed by atoms with van der Waals surface area (Å²) >= 11 is 5.16. The van der Waals surface area contributed by atoms with E-state index in [0.29, 0.717) is 5.56 Å². The Labute approximate surface area is 132 Å². The summed E-state index contributed by atoms with van der Waals surface area (Å²) < 4.78 is 0.966. The third kappa shape index (κ3) is 3.70.